The molecule has 0 unspecified atom stereocenters. The fourth-order valence-corrected chi connectivity index (χ4v) is 3.40. The van der Waals surface area contributed by atoms with Gasteiger partial charge < -0.3 is 9.64 Å². The van der Waals surface area contributed by atoms with Crippen LogP contribution in [0.3, 0.4) is 0 Å². The molecule has 0 spiro atoms. The predicted octanol–water partition coefficient (Wildman–Crippen LogP) is 3.44. The molecule has 1 saturated heterocycles. The van der Waals surface area contributed by atoms with Crippen LogP contribution in [0.2, 0.25) is 0 Å². The summed E-state index contributed by atoms with van der Waals surface area (Å²) < 4.78 is 5.23. The predicted molar refractivity (Wildman–Crippen MR) is 83.9 cm³/mol. The van der Waals surface area contributed by atoms with Crippen molar-refractivity contribution in [1.82, 2.24) is 9.88 Å². The summed E-state index contributed by atoms with van der Waals surface area (Å²) in [7, 11) is 1.65. The number of aromatic nitrogens is 1. The lowest BCUT2D eigenvalue weighted by molar-refractivity contribution is 0.0729. The van der Waals surface area contributed by atoms with Crippen molar-refractivity contribution in [1.29, 1.82) is 0 Å². The van der Waals surface area contributed by atoms with E-state index >= 15 is 0 Å². The van der Waals surface area contributed by atoms with E-state index in [1.807, 2.05) is 29.2 Å². The first kappa shape index (κ1) is 14.1. The number of carbonyl (C=O) groups is 1. The Morgan fingerprint density at radius 3 is 2.86 bits per heavy atom. The van der Waals surface area contributed by atoms with Crippen molar-refractivity contribution in [2.45, 2.75) is 19.3 Å². The summed E-state index contributed by atoms with van der Waals surface area (Å²) in [5.41, 5.74) is 0.983. The van der Waals surface area contributed by atoms with Crippen LogP contribution >= 0.6 is 11.3 Å². The molecule has 0 bridgehead atoms. The lowest BCUT2D eigenvalue weighted by Gasteiger charge is -2.25. The highest BCUT2D eigenvalue weighted by molar-refractivity contribution is 7.16. The standard InChI is InChI=1S/C16H18N2O2S/c1-20-13-7-5-6-12(10-13)15-17-11-14(21-15)16(19)18-8-3-2-4-9-18/h5-7,10-11H,2-4,8-9H2,1H3. The second-order valence-corrected chi connectivity index (χ2v) is 6.15. The molecule has 1 aromatic carbocycles. The van der Waals surface area contributed by atoms with E-state index in [0.29, 0.717) is 0 Å². The van der Waals surface area contributed by atoms with Crippen LogP contribution in [0.15, 0.2) is 30.5 Å². The molecule has 1 fully saturated rings. The molecule has 0 N–H and O–H groups in total. The molecule has 0 radical (unpaired) electrons. The maximum Gasteiger partial charge on any atom is 0.265 e. The second kappa shape index (κ2) is 6.26. The van der Waals surface area contributed by atoms with E-state index in [2.05, 4.69) is 4.98 Å². The lowest BCUT2D eigenvalue weighted by Crippen LogP contribution is -2.35. The van der Waals surface area contributed by atoms with Crippen molar-refractivity contribution in [3.63, 3.8) is 0 Å². The first-order valence-corrected chi connectivity index (χ1v) is 7.99. The molecule has 110 valence electrons. The van der Waals surface area contributed by atoms with Crippen molar-refractivity contribution in [2.24, 2.45) is 0 Å². The topological polar surface area (TPSA) is 42.4 Å². The average Bonchev–Trinajstić information content (AvgIpc) is 3.05. The normalized spacial score (nSPS) is 15.0. The molecule has 0 atom stereocenters. The van der Waals surface area contributed by atoms with Crippen LogP contribution < -0.4 is 4.74 Å². The number of likely N-dealkylation sites (tertiary alicyclic amines) is 1. The third-order valence-electron chi connectivity index (χ3n) is 3.68. The Morgan fingerprint density at radius 2 is 2.10 bits per heavy atom. The zero-order chi connectivity index (χ0) is 14.7. The maximum atomic E-state index is 12.4. The Balaban J connectivity index is 1.80. The van der Waals surface area contributed by atoms with E-state index in [0.717, 1.165) is 47.1 Å². The third-order valence-corrected chi connectivity index (χ3v) is 4.71. The van der Waals surface area contributed by atoms with Crippen LogP contribution in [0.1, 0.15) is 28.9 Å². The highest BCUT2D eigenvalue weighted by atomic mass is 32.1. The van der Waals surface area contributed by atoms with Crippen molar-refractivity contribution in [3.05, 3.63) is 35.3 Å². The zero-order valence-corrected chi connectivity index (χ0v) is 12.9. The molecular weight excluding hydrogens is 284 g/mol. The third kappa shape index (κ3) is 3.08. The summed E-state index contributed by atoms with van der Waals surface area (Å²) in [6.45, 7) is 1.73. The van der Waals surface area contributed by atoms with Gasteiger partial charge in [-0.05, 0) is 31.4 Å². The van der Waals surface area contributed by atoms with Gasteiger partial charge >= 0.3 is 0 Å². The first-order chi connectivity index (χ1) is 10.3. The number of amides is 1. The van der Waals surface area contributed by atoms with Crippen LogP contribution in [-0.2, 0) is 0 Å². The van der Waals surface area contributed by atoms with Gasteiger partial charge in [-0.15, -0.1) is 11.3 Å². The highest BCUT2D eigenvalue weighted by Crippen LogP contribution is 2.28. The van der Waals surface area contributed by atoms with Crippen molar-refractivity contribution < 1.29 is 9.53 Å². The van der Waals surface area contributed by atoms with Gasteiger partial charge in [-0.25, -0.2) is 4.98 Å². The quantitative estimate of drug-likeness (QED) is 0.872. The van der Waals surface area contributed by atoms with E-state index in [4.69, 9.17) is 4.74 Å². The summed E-state index contributed by atoms with van der Waals surface area (Å²) in [5, 5.41) is 0.856. The SMILES string of the molecule is COc1cccc(-c2ncc(C(=O)N3CCCCC3)s2)c1. The molecule has 0 saturated carbocycles. The lowest BCUT2D eigenvalue weighted by atomic mass is 10.1. The fourth-order valence-electron chi connectivity index (χ4n) is 2.52. The monoisotopic (exact) mass is 302 g/mol. The van der Waals surface area contributed by atoms with Crippen LogP contribution in [0.4, 0.5) is 0 Å². The minimum absolute atomic E-state index is 0.112. The van der Waals surface area contributed by atoms with Crippen molar-refractivity contribution in [2.75, 3.05) is 20.2 Å². The van der Waals surface area contributed by atoms with E-state index < -0.39 is 0 Å². The zero-order valence-electron chi connectivity index (χ0n) is 12.0. The second-order valence-electron chi connectivity index (χ2n) is 5.11. The average molecular weight is 302 g/mol. The molecule has 3 rings (SSSR count). The number of rotatable bonds is 3. The van der Waals surface area contributed by atoms with Gasteiger partial charge in [0.15, 0.2) is 0 Å². The molecule has 2 heterocycles. The number of nitrogens with zero attached hydrogens (tertiary/aromatic N) is 2. The Hall–Kier alpha value is -1.88. The van der Waals surface area contributed by atoms with Crippen LogP contribution in [0.25, 0.3) is 10.6 Å². The Morgan fingerprint density at radius 1 is 1.29 bits per heavy atom. The minimum atomic E-state index is 0.112. The summed E-state index contributed by atoms with van der Waals surface area (Å²) in [5.74, 6) is 0.910. The number of benzene rings is 1. The van der Waals surface area contributed by atoms with E-state index in [-0.39, 0.29) is 5.91 Å². The van der Waals surface area contributed by atoms with Gasteiger partial charge in [-0.3, -0.25) is 4.79 Å². The van der Waals surface area contributed by atoms with Gasteiger partial charge in [0, 0.05) is 18.7 Å². The van der Waals surface area contributed by atoms with Crippen LogP contribution in [0.5, 0.6) is 5.75 Å². The molecule has 5 heteroatoms. The molecule has 1 aliphatic rings. The molecular formula is C16H18N2O2S. The minimum Gasteiger partial charge on any atom is -0.497 e. The number of thiazole rings is 1. The van der Waals surface area contributed by atoms with Gasteiger partial charge in [0.1, 0.15) is 15.6 Å². The molecule has 0 aliphatic carbocycles. The van der Waals surface area contributed by atoms with Gasteiger partial charge in [0.2, 0.25) is 0 Å². The van der Waals surface area contributed by atoms with Gasteiger partial charge in [0.05, 0.1) is 13.3 Å². The van der Waals surface area contributed by atoms with E-state index in [1.54, 1.807) is 13.3 Å². The van der Waals surface area contributed by atoms with Gasteiger partial charge in [-0.1, -0.05) is 12.1 Å². The molecule has 1 amide bonds. The number of piperidine rings is 1. The molecule has 1 aromatic heterocycles. The number of carbonyl (C=O) groups excluding carboxylic acids is 1. The summed E-state index contributed by atoms with van der Waals surface area (Å²) in [4.78, 5) is 19.5. The van der Waals surface area contributed by atoms with E-state index in [1.165, 1.54) is 17.8 Å². The van der Waals surface area contributed by atoms with Crippen molar-refractivity contribution >= 4 is 17.2 Å². The number of ether oxygens (including phenoxy) is 1. The molecule has 2 aromatic rings. The fraction of sp³-hybridized carbons (Fsp3) is 0.375. The largest absolute Gasteiger partial charge is 0.497 e. The number of hydrogen-bond donors (Lipinski definition) is 0. The summed E-state index contributed by atoms with van der Waals surface area (Å²) in [6.07, 6.45) is 5.12. The van der Waals surface area contributed by atoms with E-state index in [9.17, 15) is 4.79 Å². The smallest absolute Gasteiger partial charge is 0.265 e. The van der Waals surface area contributed by atoms with Crippen LogP contribution in [-0.4, -0.2) is 36.0 Å². The van der Waals surface area contributed by atoms with Gasteiger partial charge in [0.25, 0.3) is 5.91 Å². The Labute approximate surface area is 128 Å². The van der Waals surface area contributed by atoms with Crippen LogP contribution in [0, 0.1) is 0 Å². The summed E-state index contributed by atoms with van der Waals surface area (Å²) >= 11 is 1.45. The number of hydrogen-bond acceptors (Lipinski definition) is 4. The van der Waals surface area contributed by atoms with Crippen molar-refractivity contribution in [3.8, 4) is 16.3 Å². The first-order valence-electron chi connectivity index (χ1n) is 7.17. The molecule has 1 aliphatic heterocycles. The Bertz CT molecular complexity index is 633. The highest BCUT2D eigenvalue weighted by Gasteiger charge is 2.20. The van der Waals surface area contributed by atoms with Gasteiger partial charge in [-0.2, -0.15) is 0 Å². The summed E-state index contributed by atoms with van der Waals surface area (Å²) in [6, 6.07) is 7.75. The molecule has 21 heavy (non-hydrogen) atoms. The maximum absolute atomic E-state index is 12.4. The molecule has 4 nitrogen and oxygen atoms in total. The number of methoxy groups -OCH3 is 1. The Kier molecular flexibility index (Phi) is 4.20.